The highest BCUT2D eigenvalue weighted by molar-refractivity contribution is 5.68. The first kappa shape index (κ1) is 12.5. The molecule has 1 aromatic heterocycles. The first-order valence-electron chi connectivity index (χ1n) is 7.29. The zero-order chi connectivity index (χ0) is 13.2. The van der Waals surface area contributed by atoms with Gasteiger partial charge >= 0.3 is 0 Å². The molecule has 1 aromatic rings. The van der Waals surface area contributed by atoms with Crippen LogP contribution in [0.15, 0.2) is 6.33 Å². The lowest BCUT2D eigenvalue weighted by atomic mass is 10.3. The molecule has 0 bridgehead atoms. The molecular weight excluding hydrogens is 240 g/mol. The summed E-state index contributed by atoms with van der Waals surface area (Å²) in [6, 6.07) is 0.622. The number of anilines is 2. The fraction of sp³-hybridized carbons (Fsp3) is 0.714. The van der Waals surface area contributed by atoms with Crippen LogP contribution in [0.5, 0.6) is 5.88 Å². The molecule has 1 heterocycles. The molecule has 0 spiro atoms. The van der Waals surface area contributed by atoms with Gasteiger partial charge in [0.15, 0.2) is 5.82 Å². The van der Waals surface area contributed by atoms with E-state index in [2.05, 4.69) is 21.8 Å². The van der Waals surface area contributed by atoms with Gasteiger partial charge in [-0.2, -0.15) is 4.98 Å². The zero-order valence-electron chi connectivity index (χ0n) is 11.5. The summed E-state index contributed by atoms with van der Waals surface area (Å²) in [5.41, 5.74) is 6.80. The largest absolute Gasteiger partial charge is 0.476 e. The Hall–Kier alpha value is -1.52. The van der Waals surface area contributed by atoms with Gasteiger partial charge in [-0.05, 0) is 38.0 Å². The fourth-order valence-electron chi connectivity index (χ4n) is 2.29. The van der Waals surface area contributed by atoms with Crippen LogP contribution in [0.3, 0.4) is 0 Å². The summed E-state index contributed by atoms with van der Waals surface area (Å²) in [5, 5.41) is 0. The van der Waals surface area contributed by atoms with Crippen molar-refractivity contribution in [1.29, 1.82) is 0 Å². The molecule has 2 aliphatic rings. The molecule has 2 N–H and O–H groups in total. The molecule has 0 aliphatic heterocycles. The smallest absolute Gasteiger partial charge is 0.242 e. The highest BCUT2D eigenvalue weighted by Crippen LogP contribution is 2.40. The van der Waals surface area contributed by atoms with Gasteiger partial charge in [-0.1, -0.05) is 6.92 Å². The maximum atomic E-state index is 6.20. The zero-order valence-corrected chi connectivity index (χ0v) is 11.5. The molecule has 2 saturated carbocycles. The lowest BCUT2D eigenvalue weighted by molar-refractivity contribution is 0.306. The number of nitrogen functional groups attached to an aromatic ring is 1. The molecule has 19 heavy (non-hydrogen) atoms. The number of aromatic nitrogens is 2. The van der Waals surface area contributed by atoms with Crippen LogP contribution in [0.25, 0.3) is 0 Å². The molecule has 5 heteroatoms. The summed E-state index contributed by atoms with van der Waals surface area (Å²) < 4.78 is 5.59. The van der Waals surface area contributed by atoms with E-state index in [0.717, 1.165) is 24.7 Å². The number of hydrogen-bond donors (Lipinski definition) is 1. The van der Waals surface area contributed by atoms with E-state index in [1.807, 2.05) is 0 Å². The van der Waals surface area contributed by atoms with Crippen molar-refractivity contribution in [3.8, 4) is 5.88 Å². The normalized spacial score (nSPS) is 18.4. The van der Waals surface area contributed by atoms with E-state index in [1.54, 1.807) is 6.33 Å². The third-order valence-corrected chi connectivity index (χ3v) is 3.68. The number of ether oxygens (including phenoxy) is 1. The van der Waals surface area contributed by atoms with E-state index in [-0.39, 0.29) is 0 Å². The summed E-state index contributed by atoms with van der Waals surface area (Å²) in [6.07, 6.45) is 7.70. The van der Waals surface area contributed by atoms with E-state index in [4.69, 9.17) is 10.5 Å². The van der Waals surface area contributed by atoms with Crippen LogP contribution < -0.4 is 15.4 Å². The first-order chi connectivity index (χ1) is 9.29. The van der Waals surface area contributed by atoms with Crippen LogP contribution in [0.2, 0.25) is 0 Å². The minimum absolute atomic E-state index is 0.535. The highest BCUT2D eigenvalue weighted by atomic mass is 16.5. The molecule has 0 radical (unpaired) electrons. The highest BCUT2D eigenvalue weighted by Gasteiger charge is 2.35. The summed E-state index contributed by atoms with van der Waals surface area (Å²) in [6.45, 7) is 3.80. The summed E-state index contributed by atoms with van der Waals surface area (Å²) in [4.78, 5) is 10.9. The van der Waals surface area contributed by atoms with E-state index in [1.165, 1.54) is 25.7 Å². The van der Waals surface area contributed by atoms with Gasteiger partial charge in [-0.3, -0.25) is 0 Å². The lowest BCUT2D eigenvalue weighted by Crippen LogP contribution is -2.30. The minimum Gasteiger partial charge on any atom is -0.476 e. The van der Waals surface area contributed by atoms with Crippen molar-refractivity contribution in [3.05, 3.63) is 6.33 Å². The number of rotatable bonds is 7. The average Bonchev–Trinajstić information content (AvgIpc) is 3.28. The van der Waals surface area contributed by atoms with Crippen molar-refractivity contribution >= 4 is 11.5 Å². The number of hydrogen-bond acceptors (Lipinski definition) is 5. The van der Waals surface area contributed by atoms with E-state index in [0.29, 0.717) is 24.2 Å². The van der Waals surface area contributed by atoms with Crippen LogP contribution in [0, 0.1) is 5.92 Å². The number of nitrogens with zero attached hydrogens (tertiary/aromatic N) is 3. The molecule has 0 aromatic carbocycles. The predicted octanol–water partition coefficient (Wildman–Crippen LogP) is 2.23. The topological polar surface area (TPSA) is 64.3 Å². The Morgan fingerprint density at radius 1 is 1.32 bits per heavy atom. The summed E-state index contributed by atoms with van der Waals surface area (Å²) in [7, 11) is 0. The Morgan fingerprint density at radius 3 is 2.74 bits per heavy atom. The quantitative estimate of drug-likeness (QED) is 0.816. The molecule has 2 aliphatic carbocycles. The standard InChI is InChI=1S/C14H22N4O/c1-2-7-19-14-12(15)13(16-9-17-14)18(11-5-6-11)8-10-3-4-10/h9-11H,2-8,15H2,1H3. The molecule has 3 rings (SSSR count). The third kappa shape index (κ3) is 2.91. The maximum Gasteiger partial charge on any atom is 0.242 e. The monoisotopic (exact) mass is 262 g/mol. The average molecular weight is 262 g/mol. The molecule has 104 valence electrons. The fourth-order valence-corrected chi connectivity index (χ4v) is 2.29. The van der Waals surface area contributed by atoms with Crippen LogP contribution in [-0.4, -0.2) is 29.2 Å². The predicted molar refractivity (Wildman–Crippen MR) is 75.3 cm³/mol. The van der Waals surface area contributed by atoms with Crippen LogP contribution in [0.1, 0.15) is 39.0 Å². The van der Waals surface area contributed by atoms with E-state index < -0.39 is 0 Å². The minimum atomic E-state index is 0.535. The van der Waals surface area contributed by atoms with Crippen molar-refractivity contribution in [1.82, 2.24) is 9.97 Å². The Morgan fingerprint density at radius 2 is 2.11 bits per heavy atom. The third-order valence-electron chi connectivity index (χ3n) is 3.68. The summed E-state index contributed by atoms with van der Waals surface area (Å²) in [5.74, 6) is 2.23. The molecule has 5 nitrogen and oxygen atoms in total. The van der Waals surface area contributed by atoms with Crippen molar-refractivity contribution in [2.24, 2.45) is 5.92 Å². The second kappa shape index (κ2) is 5.23. The maximum absolute atomic E-state index is 6.20. The molecule has 0 amide bonds. The Labute approximate surface area is 114 Å². The van der Waals surface area contributed by atoms with Gasteiger partial charge in [0.1, 0.15) is 12.0 Å². The molecular formula is C14H22N4O. The van der Waals surface area contributed by atoms with E-state index in [9.17, 15) is 0 Å². The molecule has 0 unspecified atom stereocenters. The van der Waals surface area contributed by atoms with Crippen molar-refractivity contribution in [3.63, 3.8) is 0 Å². The van der Waals surface area contributed by atoms with Crippen molar-refractivity contribution in [2.75, 3.05) is 23.8 Å². The Bertz CT molecular complexity index is 443. The lowest BCUT2D eigenvalue weighted by Gasteiger charge is -2.25. The molecule has 0 atom stereocenters. The SMILES string of the molecule is CCCOc1ncnc(N(CC2CC2)C2CC2)c1N. The van der Waals surface area contributed by atoms with Crippen LogP contribution in [-0.2, 0) is 0 Å². The summed E-state index contributed by atoms with van der Waals surface area (Å²) >= 11 is 0. The van der Waals surface area contributed by atoms with Crippen LogP contribution >= 0.6 is 0 Å². The van der Waals surface area contributed by atoms with Crippen molar-refractivity contribution in [2.45, 2.75) is 45.1 Å². The van der Waals surface area contributed by atoms with Crippen molar-refractivity contribution < 1.29 is 4.74 Å². The first-order valence-corrected chi connectivity index (χ1v) is 7.29. The van der Waals surface area contributed by atoms with Gasteiger partial charge in [-0.15, -0.1) is 0 Å². The van der Waals surface area contributed by atoms with Gasteiger partial charge in [0.25, 0.3) is 0 Å². The van der Waals surface area contributed by atoms with E-state index >= 15 is 0 Å². The Kier molecular flexibility index (Phi) is 3.44. The van der Waals surface area contributed by atoms with Gasteiger partial charge in [0, 0.05) is 12.6 Å². The van der Waals surface area contributed by atoms with Gasteiger partial charge in [0.2, 0.25) is 5.88 Å². The van der Waals surface area contributed by atoms with Gasteiger partial charge < -0.3 is 15.4 Å². The molecule has 2 fully saturated rings. The molecule has 0 saturated heterocycles. The second-order valence-corrected chi connectivity index (χ2v) is 5.59. The van der Waals surface area contributed by atoms with Crippen LogP contribution in [0.4, 0.5) is 11.5 Å². The number of nitrogens with two attached hydrogens (primary N) is 1. The van der Waals surface area contributed by atoms with Gasteiger partial charge in [-0.25, -0.2) is 4.98 Å². The van der Waals surface area contributed by atoms with Gasteiger partial charge in [0.05, 0.1) is 6.61 Å². The second-order valence-electron chi connectivity index (χ2n) is 5.59. The Balaban J connectivity index is 1.80.